The van der Waals surface area contributed by atoms with Crippen LogP contribution in [0, 0.1) is 24.4 Å². The van der Waals surface area contributed by atoms with Crippen LogP contribution < -0.4 is 4.74 Å². The number of nitrogens with zero attached hydrogens (tertiary/aromatic N) is 1. The van der Waals surface area contributed by atoms with E-state index in [4.69, 9.17) is 0 Å². The molecule has 0 aliphatic carbocycles. The van der Waals surface area contributed by atoms with E-state index in [2.05, 4.69) is 53.0 Å². The molecular weight excluding hydrogens is 481 g/mol. The van der Waals surface area contributed by atoms with Crippen molar-refractivity contribution in [2.75, 3.05) is 0 Å². The molecule has 0 saturated carbocycles. The Hall–Kier alpha value is -3.52. The number of fused-ring (bicyclic) bond motifs is 2. The average Bonchev–Trinajstić information content (AvgIpc) is 3.25. The highest BCUT2D eigenvalue weighted by Crippen LogP contribution is 2.37. The quantitative estimate of drug-likeness (QED) is 0.174. The van der Waals surface area contributed by atoms with E-state index in [1.807, 2.05) is 6.07 Å². The van der Waals surface area contributed by atoms with Crippen LogP contribution in [0.3, 0.4) is 0 Å². The molecule has 1 heterocycles. The Morgan fingerprint density at radius 3 is 2.17 bits per heavy atom. The van der Waals surface area contributed by atoms with Gasteiger partial charge in [-0.15, -0.1) is 11.3 Å². The van der Waals surface area contributed by atoms with Gasteiger partial charge in [-0.1, -0.05) is 48.0 Å². The number of halogens is 5. The summed E-state index contributed by atoms with van der Waals surface area (Å²) >= 11 is 0.726. The molecule has 0 fully saturated rings. The van der Waals surface area contributed by atoms with E-state index in [1.54, 1.807) is 12.1 Å². The second kappa shape index (κ2) is 8.92. The largest absolute Gasteiger partial charge is 0.454 e. The molecule has 0 radical (unpaired) electrons. The van der Waals surface area contributed by atoms with Crippen molar-refractivity contribution in [1.29, 1.82) is 0 Å². The number of benzene rings is 4. The zero-order valence-electron chi connectivity index (χ0n) is 18.4. The number of hydrogen-bond donors (Lipinski definition) is 0. The zero-order chi connectivity index (χ0) is 24.7. The number of rotatable bonds is 6. The van der Waals surface area contributed by atoms with Crippen molar-refractivity contribution < 1.29 is 26.7 Å². The molecule has 0 saturated heterocycles. The summed E-state index contributed by atoms with van der Waals surface area (Å²) in [6.45, 7) is 2.05. The molecule has 0 bridgehead atoms. The Morgan fingerprint density at radius 1 is 0.800 bits per heavy atom. The molecule has 2 nitrogen and oxygen atoms in total. The van der Waals surface area contributed by atoms with E-state index < -0.39 is 34.3 Å². The molecule has 0 unspecified atom stereocenters. The maximum absolute atomic E-state index is 14.7. The summed E-state index contributed by atoms with van der Waals surface area (Å²) < 4.78 is 74.1. The Labute approximate surface area is 201 Å². The first kappa shape index (κ1) is 23.2. The number of thiazole rings is 1. The highest BCUT2D eigenvalue weighted by Gasteiger charge is 2.39. The fourth-order valence-corrected chi connectivity index (χ4v) is 4.83. The number of hydrogen-bond acceptors (Lipinski definition) is 3. The van der Waals surface area contributed by atoms with Gasteiger partial charge in [0.05, 0.1) is 10.2 Å². The van der Waals surface area contributed by atoms with Gasteiger partial charge in [0.25, 0.3) is 0 Å². The van der Waals surface area contributed by atoms with Gasteiger partial charge < -0.3 is 4.74 Å². The number of aryl methyl sites for hydroxylation is 3. The molecule has 0 amide bonds. The molecule has 8 heteroatoms. The van der Waals surface area contributed by atoms with Gasteiger partial charge in [-0.05, 0) is 53.8 Å². The second-order valence-electron chi connectivity index (χ2n) is 8.33. The van der Waals surface area contributed by atoms with Crippen LogP contribution in [0.25, 0.3) is 21.0 Å². The highest BCUT2D eigenvalue weighted by atomic mass is 32.1. The van der Waals surface area contributed by atoms with Crippen molar-refractivity contribution in [3.8, 4) is 5.75 Å². The third kappa shape index (κ3) is 4.84. The molecule has 35 heavy (non-hydrogen) atoms. The van der Waals surface area contributed by atoms with Crippen LogP contribution in [0.2, 0.25) is 0 Å². The van der Waals surface area contributed by atoms with E-state index in [1.165, 1.54) is 21.9 Å². The molecular formula is C27H18F5NOS. The van der Waals surface area contributed by atoms with Gasteiger partial charge >= 0.3 is 6.11 Å². The lowest BCUT2D eigenvalue weighted by atomic mass is 10.0. The molecule has 0 atom stereocenters. The summed E-state index contributed by atoms with van der Waals surface area (Å²) in [5.41, 5.74) is 3.69. The van der Waals surface area contributed by atoms with Crippen LogP contribution in [0.4, 0.5) is 22.0 Å². The van der Waals surface area contributed by atoms with Gasteiger partial charge in [-0.2, -0.15) is 8.78 Å². The SMILES string of the molecule is Cc1ccc2cc(CCc3ccc4nc(C(F)(F)Oc5cc(F)c(F)c(F)c5)sc4c3)ccc2c1. The Balaban J connectivity index is 1.33. The lowest BCUT2D eigenvalue weighted by molar-refractivity contribution is -0.185. The first-order valence-electron chi connectivity index (χ1n) is 10.8. The van der Waals surface area contributed by atoms with Crippen LogP contribution >= 0.6 is 11.3 Å². The maximum atomic E-state index is 14.7. The predicted octanol–water partition coefficient (Wildman–Crippen LogP) is 8.09. The van der Waals surface area contributed by atoms with Gasteiger partial charge in [0.2, 0.25) is 5.01 Å². The minimum Gasteiger partial charge on any atom is -0.427 e. The zero-order valence-corrected chi connectivity index (χ0v) is 19.2. The van der Waals surface area contributed by atoms with Crippen LogP contribution in [0.15, 0.2) is 66.7 Å². The van der Waals surface area contributed by atoms with E-state index >= 15 is 0 Å². The number of alkyl halides is 2. The van der Waals surface area contributed by atoms with Crippen LogP contribution in [-0.4, -0.2) is 4.98 Å². The summed E-state index contributed by atoms with van der Waals surface area (Å²) in [4.78, 5) is 3.93. The smallest absolute Gasteiger partial charge is 0.427 e. The molecule has 4 aromatic carbocycles. The van der Waals surface area contributed by atoms with Gasteiger partial charge in [0.1, 0.15) is 5.75 Å². The molecule has 0 aliphatic rings. The Kier molecular flexibility index (Phi) is 5.92. The van der Waals surface area contributed by atoms with Gasteiger partial charge in [-0.25, -0.2) is 18.2 Å². The third-order valence-electron chi connectivity index (χ3n) is 5.67. The van der Waals surface area contributed by atoms with Crippen LogP contribution in [0.1, 0.15) is 21.7 Å². The first-order chi connectivity index (χ1) is 16.7. The van der Waals surface area contributed by atoms with Crippen molar-refractivity contribution in [2.45, 2.75) is 25.9 Å². The summed E-state index contributed by atoms with van der Waals surface area (Å²) in [5, 5.41) is 1.68. The fraction of sp³-hybridized carbons (Fsp3) is 0.148. The second-order valence-corrected chi connectivity index (χ2v) is 9.36. The van der Waals surface area contributed by atoms with Crippen molar-refractivity contribution in [3.05, 3.63) is 106 Å². The number of aromatic nitrogens is 1. The summed E-state index contributed by atoms with van der Waals surface area (Å²) in [6, 6.07) is 18.7. The Morgan fingerprint density at radius 2 is 1.43 bits per heavy atom. The summed E-state index contributed by atoms with van der Waals surface area (Å²) in [7, 11) is 0. The molecule has 0 spiro atoms. The standard InChI is InChI=1S/C27H18F5NOS/c1-15-2-7-19-11-16(5-8-18(19)10-15)3-4-17-6-9-23-24(12-17)35-26(33-23)27(31,32)34-20-13-21(28)25(30)22(29)14-20/h2,5-14H,3-4H2,1H3. The lowest BCUT2D eigenvalue weighted by Gasteiger charge is -2.15. The van der Waals surface area contributed by atoms with E-state index in [-0.39, 0.29) is 0 Å². The molecule has 178 valence electrons. The highest BCUT2D eigenvalue weighted by molar-refractivity contribution is 7.18. The third-order valence-corrected chi connectivity index (χ3v) is 6.74. The average molecular weight is 500 g/mol. The van der Waals surface area contributed by atoms with E-state index in [0.29, 0.717) is 28.8 Å². The van der Waals surface area contributed by atoms with E-state index in [0.717, 1.165) is 23.3 Å². The number of ether oxygens (including phenoxy) is 1. The topological polar surface area (TPSA) is 22.1 Å². The molecule has 5 aromatic rings. The van der Waals surface area contributed by atoms with Crippen molar-refractivity contribution in [2.24, 2.45) is 0 Å². The van der Waals surface area contributed by atoms with Gasteiger partial charge in [0, 0.05) is 12.1 Å². The Bertz CT molecular complexity index is 1540. The van der Waals surface area contributed by atoms with Crippen LogP contribution in [0.5, 0.6) is 5.75 Å². The minimum atomic E-state index is -3.95. The molecule has 5 rings (SSSR count). The van der Waals surface area contributed by atoms with Crippen LogP contribution in [-0.2, 0) is 19.0 Å². The molecule has 1 aromatic heterocycles. The summed E-state index contributed by atoms with van der Waals surface area (Å²) in [5.74, 6) is -5.83. The normalized spacial score (nSPS) is 11.9. The molecule has 0 aliphatic heterocycles. The fourth-order valence-electron chi connectivity index (χ4n) is 3.89. The molecule has 0 N–H and O–H groups in total. The van der Waals surface area contributed by atoms with Gasteiger partial charge in [0.15, 0.2) is 17.5 Å². The maximum Gasteiger partial charge on any atom is 0.454 e. The summed E-state index contributed by atoms with van der Waals surface area (Å²) in [6.07, 6.45) is -2.46. The van der Waals surface area contributed by atoms with E-state index in [9.17, 15) is 22.0 Å². The predicted molar refractivity (Wildman–Crippen MR) is 127 cm³/mol. The lowest BCUT2D eigenvalue weighted by Crippen LogP contribution is -2.21. The van der Waals surface area contributed by atoms with Crippen molar-refractivity contribution in [1.82, 2.24) is 4.98 Å². The monoisotopic (exact) mass is 499 g/mol. The first-order valence-corrected chi connectivity index (χ1v) is 11.6. The minimum absolute atomic E-state index is 0.356. The van der Waals surface area contributed by atoms with Gasteiger partial charge in [-0.3, -0.25) is 0 Å². The van der Waals surface area contributed by atoms with Crippen molar-refractivity contribution >= 4 is 32.3 Å². The van der Waals surface area contributed by atoms with Crippen molar-refractivity contribution in [3.63, 3.8) is 0 Å².